The number of carbonyl (C=O) groups excluding carboxylic acids is 1. The van der Waals surface area contributed by atoms with Gasteiger partial charge in [-0.25, -0.2) is 0 Å². The molecule has 31 heavy (non-hydrogen) atoms. The van der Waals surface area contributed by atoms with Crippen molar-refractivity contribution in [2.24, 2.45) is 0 Å². The predicted molar refractivity (Wildman–Crippen MR) is 126 cm³/mol. The molecule has 0 fully saturated rings. The SMILES string of the molecule is C=CCn1c(SCC(=O)Nc2cccc(Br)c2)nnc1C(C)Oc1ccc(OC)cc1. The number of aromatic nitrogens is 3. The van der Waals surface area contributed by atoms with Gasteiger partial charge in [-0.05, 0) is 49.4 Å². The van der Waals surface area contributed by atoms with Crippen molar-refractivity contribution in [3.05, 3.63) is 71.5 Å². The van der Waals surface area contributed by atoms with E-state index in [0.717, 1.165) is 15.9 Å². The molecule has 0 aliphatic heterocycles. The molecule has 9 heteroatoms. The summed E-state index contributed by atoms with van der Waals surface area (Å²) in [5, 5.41) is 12.1. The van der Waals surface area contributed by atoms with E-state index in [-0.39, 0.29) is 17.8 Å². The van der Waals surface area contributed by atoms with Crippen LogP contribution in [0.3, 0.4) is 0 Å². The Balaban J connectivity index is 1.65. The molecule has 162 valence electrons. The fraction of sp³-hybridized carbons (Fsp3) is 0.227. The number of hydrogen-bond acceptors (Lipinski definition) is 6. The van der Waals surface area contributed by atoms with Gasteiger partial charge in [0.15, 0.2) is 17.1 Å². The number of benzene rings is 2. The molecular weight excluding hydrogens is 480 g/mol. The van der Waals surface area contributed by atoms with E-state index >= 15 is 0 Å². The van der Waals surface area contributed by atoms with E-state index < -0.39 is 0 Å². The highest BCUT2D eigenvalue weighted by Crippen LogP contribution is 2.26. The topological polar surface area (TPSA) is 78.3 Å². The number of ether oxygens (including phenoxy) is 2. The Morgan fingerprint density at radius 1 is 1.26 bits per heavy atom. The molecule has 1 heterocycles. The quantitative estimate of drug-likeness (QED) is 0.306. The van der Waals surface area contributed by atoms with Crippen LogP contribution < -0.4 is 14.8 Å². The zero-order chi connectivity index (χ0) is 22.2. The molecule has 2 aromatic carbocycles. The van der Waals surface area contributed by atoms with E-state index in [1.54, 1.807) is 13.2 Å². The summed E-state index contributed by atoms with van der Waals surface area (Å²) in [7, 11) is 1.62. The molecule has 0 aliphatic rings. The molecule has 7 nitrogen and oxygen atoms in total. The second-order valence-electron chi connectivity index (χ2n) is 6.52. The first-order chi connectivity index (χ1) is 15.0. The number of rotatable bonds is 10. The number of hydrogen-bond donors (Lipinski definition) is 1. The van der Waals surface area contributed by atoms with Crippen LogP contribution in [-0.4, -0.2) is 33.5 Å². The number of thioether (sulfide) groups is 1. The minimum atomic E-state index is -0.342. The molecule has 0 radical (unpaired) electrons. The van der Waals surface area contributed by atoms with Crippen molar-refractivity contribution in [2.45, 2.75) is 24.7 Å². The molecule has 0 saturated heterocycles. The summed E-state index contributed by atoms with van der Waals surface area (Å²) in [5.41, 5.74) is 0.731. The number of halogens is 1. The van der Waals surface area contributed by atoms with Crippen molar-refractivity contribution in [1.82, 2.24) is 14.8 Å². The van der Waals surface area contributed by atoms with Gasteiger partial charge >= 0.3 is 0 Å². The highest BCUT2D eigenvalue weighted by molar-refractivity contribution is 9.10. The average molecular weight is 503 g/mol. The van der Waals surface area contributed by atoms with Crippen LogP contribution >= 0.6 is 27.7 Å². The summed E-state index contributed by atoms with van der Waals surface area (Å²) >= 11 is 4.71. The first-order valence-electron chi connectivity index (χ1n) is 9.53. The monoisotopic (exact) mass is 502 g/mol. The predicted octanol–water partition coefficient (Wildman–Crippen LogP) is 5.11. The van der Waals surface area contributed by atoms with Crippen LogP contribution in [0.5, 0.6) is 11.5 Å². The van der Waals surface area contributed by atoms with Crippen LogP contribution in [0.15, 0.2) is 70.8 Å². The van der Waals surface area contributed by atoms with Gasteiger partial charge in [-0.1, -0.05) is 39.8 Å². The molecule has 0 aliphatic carbocycles. The van der Waals surface area contributed by atoms with Gasteiger partial charge in [0.25, 0.3) is 0 Å². The van der Waals surface area contributed by atoms with Crippen LogP contribution in [0, 0.1) is 0 Å². The zero-order valence-corrected chi connectivity index (χ0v) is 19.6. The van der Waals surface area contributed by atoms with E-state index in [1.165, 1.54) is 11.8 Å². The molecular formula is C22H23BrN4O3S. The maximum Gasteiger partial charge on any atom is 0.234 e. The van der Waals surface area contributed by atoms with Crippen LogP contribution in [0.4, 0.5) is 5.69 Å². The Morgan fingerprint density at radius 2 is 2.00 bits per heavy atom. The Morgan fingerprint density at radius 3 is 2.68 bits per heavy atom. The van der Waals surface area contributed by atoms with E-state index in [4.69, 9.17) is 9.47 Å². The molecule has 0 saturated carbocycles. The summed E-state index contributed by atoms with van der Waals surface area (Å²) < 4.78 is 14.0. The Bertz CT molecular complexity index is 1040. The molecule has 1 aromatic heterocycles. The van der Waals surface area contributed by atoms with Crippen LogP contribution in [-0.2, 0) is 11.3 Å². The number of nitrogens with zero attached hydrogens (tertiary/aromatic N) is 3. The molecule has 3 rings (SSSR count). The summed E-state index contributed by atoms with van der Waals surface area (Å²) in [4.78, 5) is 12.3. The molecule has 1 N–H and O–H groups in total. The Labute approximate surface area is 194 Å². The number of anilines is 1. The fourth-order valence-electron chi connectivity index (χ4n) is 2.81. The number of methoxy groups -OCH3 is 1. The largest absolute Gasteiger partial charge is 0.497 e. The lowest BCUT2D eigenvalue weighted by molar-refractivity contribution is -0.113. The molecule has 0 bridgehead atoms. The highest BCUT2D eigenvalue weighted by Gasteiger charge is 2.20. The van der Waals surface area contributed by atoms with Crippen molar-refractivity contribution in [2.75, 3.05) is 18.2 Å². The lowest BCUT2D eigenvalue weighted by Crippen LogP contribution is -2.15. The van der Waals surface area contributed by atoms with Gasteiger partial charge in [-0.3, -0.25) is 9.36 Å². The minimum Gasteiger partial charge on any atom is -0.497 e. The van der Waals surface area contributed by atoms with Crippen LogP contribution in [0.25, 0.3) is 0 Å². The van der Waals surface area contributed by atoms with Crippen molar-refractivity contribution in [3.63, 3.8) is 0 Å². The maximum absolute atomic E-state index is 12.3. The normalized spacial score (nSPS) is 11.6. The molecule has 3 aromatic rings. The van der Waals surface area contributed by atoms with Gasteiger partial charge in [-0.15, -0.1) is 16.8 Å². The number of amides is 1. The Hall–Kier alpha value is -2.78. The minimum absolute atomic E-state index is 0.125. The number of carbonyl (C=O) groups is 1. The van der Waals surface area contributed by atoms with E-state index in [1.807, 2.05) is 60.0 Å². The molecule has 1 amide bonds. The third-order valence-corrected chi connectivity index (χ3v) is 5.69. The van der Waals surface area contributed by atoms with E-state index in [2.05, 4.69) is 38.0 Å². The van der Waals surface area contributed by atoms with Crippen molar-refractivity contribution in [1.29, 1.82) is 0 Å². The third kappa shape index (κ3) is 6.35. The van der Waals surface area contributed by atoms with Crippen molar-refractivity contribution < 1.29 is 14.3 Å². The Kier molecular flexibility index (Phi) is 8.13. The van der Waals surface area contributed by atoms with Crippen LogP contribution in [0.2, 0.25) is 0 Å². The van der Waals surface area contributed by atoms with E-state index in [9.17, 15) is 4.79 Å². The molecule has 1 unspecified atom stereocenters. The summed E-state index contributed by atoms with van der Waals surface area (Å²) in [5.74, 6) is 2.19. The first-order valence-corrected chi connectivity index (χ1v) is 11.3. The van der Waals surface area contributed by atoms with Gasteiger partial charge in [-0.2, -0.15) is 0 Å². The fourth-order valence-corrected chi connectivity index (χ4v) is 3.97. The zero-order valence-electron chi connectivity index (χ0n) is 17.2. The second kappa shape index (κ2) is 11.0. The van der Waals surface area contributed by atoms with Gasteiger partial charge in [0, 0.05) is 16.7 Å². The first kappa shape index (κ1) is 22.9. The number of nitrogens with one attached hydrogen (secondary N) is 1. The standard InChI is InChI=1S/C22H23BrN4O3S/c1-4-12-27-21(15(2)30-19-10-8-18(29-3)9-11-19)25-26-22(27)31-14-20(28)24-17-7-5-6-16(23)13-17/h4-11,13,15H,1,12,14H2,2-3H3,(H,24,28). The van der Waals surface area contributed by atoms with Gasteiger partial charge < -0.3 is 14.8 Å². The van der Waals surface area contributed by atoms with Crippen LogP contribution in [0.1, 0.15) is 18.9 Å². The lowest BCUT2D eigenvalue weighted by Gasteiger charge is -2.16. The molecule has 1 atom stereocenters. The van der Waals surface area contributed by atoms with E-state index in [0.29, 0.717) is 23.3 Å². The number of allylic oxidation sites excluding steroid dienone is 1. The molecule has 0 spiro atoms. The smallest absolute Gasteiger partial charge is 0.234 e. The van der Waals surface area contributed by atoms with Crippen molar-refractivity contribution in [3.8, 4) is 11.5 Å². The second-order valence-corrected chi connectivity index (χ2v) is 8.38. The van der Waals surface area contributed by atoms with Gasteiger partial charge in [0.1, 0.15) is 11.5 Å². The maximum atomic E-state index is 12.3. The third-order valence-electron chi connectivity index (χ3n) is 4.23. The highest BCUT2D eigenvalue weighted by atomic mass is 79.9. The lowest BCUT2D eigenvalue weighted by atomic mass is 10.3. The van der Waals surface area contributed by atoms with Gasteiger partial charge in [0.05, 0.1) is 12.9 Å². The summed E-state index contributed by atoms with van der Waals surface area (Å²) in [6.07, 6.45) is 1.42. The van der Waals surface area contributed by atoms with Gasteiger partial charge in [0.2, 0.25) is 5.91 Å². The summed E-state index contributed by atoms with van der Waals surface area (Å²) in [6.45, 7) is 6.23. The average Bonchev–Trinajstić information content (AvgIpc) is 3.16. The van der Waals surface area contributed by atoms with Crippen molar-refractivity contribution >= 4 is 39.3 Å². The summed E-state index contributed by atoms with van der Waals surface area (Å²) in [6, 6.07) is 14.8.